The van der Waals surface area contributed by atoms with Crippen LogP contribution in [0.15, 0.2) is 48.8 Å². The smallest absolute Gasteiger partial charge is 0.255 e. The summed E-state index contributed by atoms with van der Waals surface area (Å²) in [5.74, 6) is 0.231. The van der Waals surface area contributed by atoms with E-state index in [0.717, 1.165) is 10.9 Å². The molecule has 0 aliphatic carbocycles. The number of hydrogen-bond donors (Lipinski definition) is 2. The van der Waals surface area contributed by atoms with Gasteiger partial charge in [-0.05, 0) is 42.6 Å². The molecule has 5 nitrogen and oxygen atoms in total. The number of anilines is 1. The van der Waals surface area contributed by atoms with Crippen molar-refractivity contribution >= 4 is 22.5 Å². The Kier molecular flexibility index (Phi) is 3.55. The Bertz CT molecular complexity index is 780. The highest BCUT2D eigenvalue weighted by Gasteiger charge is 2.11. The van der Waals surface area contributed by atoms with Crippen LogP contribution in [-0.2, 0) is 0 Å². The van der Waals surface area contributed by atoms with E-state index in [-0.39, 0.29) is 5.91 Å². The summed E-state index contributed by atoms with van der Waals surface area (Å²) >= 11 is 0. The predicted molar refractivity (Wildman–Crippen MR) is 81.7 cm³/mol. The summed E-state index contributed by atoms with van der Waals surface area (Å²) in [4.78, 5) is 19.5. The molecular formula is C16H15N3O2. The van der Waals surface area contributed by atoms with Crippen LogP contribution in [0.4, 0.5) is 5.69 Å². The normalized spacial score (nSPS) is 10.5. The molecule has 0 fully saturated rings. The Balaban J connectivity index is 1.85. The summed E-state index contributed by atoms with van der Waals surface area (Å²) in [7, 11) is 0. The SMILES string of the molecule is CCOc1ncccc1NC(=O)c1ccc2cc[nH]c2c1. The highest BCUT2D eigenvalue weighted by atomic mass is 16.5. The highest BCUT2D eigenvalue weighted by Crippen LogP contribution is 2.22. The minimum absolute atomic E-state index is 0.194. The maximum Gasteiger partial charge on any atom is 0.255 e. The van der Waals surface area contributed by atoms with E-state index in [9.17, 15) is 4.79 Å². The average Bonchev–Trinajstić information content (AvgIpc) is 2.97. The lowest BCUT2D eigenvalue weighted by Crippen LogP contribution is -2.13. The fourth-order valence-electron chi connectivity index (χ4n) is 2.12. The molecule has 0 bridgehead atoms. The second kappa shape index (κ2) is 5.66. The topological polar surface area (TPSA) is 67.0 Å². The molecule has 0 radical (unpaired) electrons. The molecule has 1 amide bonds. The number of rotatable bonds is 4. The molecule has 2 heterocycles. The van der Waals surface area contributed by atoms with Crippen LogP contribution < -0.4 is 10.1 Å². The number of aromatic nitrogens is 2. The van der Waals surface area contributed by atoms with E-state index in [4.69, 9.17) is 4.74 Å². The van der Waals surface area contributed by atoms with Gasteiger partial charge in [0.2, 0.25) is 5.88 Å². The number of hydrogen-bond acceptors (Lipinski definition) is 3. The summed E-state index contributed by atoms with van der Waals surface area (Å²) in [6.07, 6.45) is 3.48. The Hall–Kier alpha value is -2.82. The number of nitrogens with one attached hydrogen (secondary N) is 2. The predicted octanol–water partition coefficient (Wildman–Crippen LogP) is 3.21. The Morgan fingerprint density at radius 1 is 1.33 bits per heavy atom. The molecule has 106 valence electrons. The third kappa shape index (κ3) is 2.72. The number of amides is 1. The van der Waals surface area contributed by atoms with Crippen molar-refractivity contribution in [2.45, 2.75) is 6.92 Å². The van der Waals surface area contributed by atoms with Crippen LogP contribution in [0.1, 0.15) is 17.3 Å². The van der Waals surface area contributed by atoms with Gasteiger partial charge in [-0.25, -0.2) is 4.98 Å². The Labute approximate surface area is 122 Å². The monoisotopic (exact) mass is 281 g/mol. The van der Waals surface area contributed by atoms with Crippen molar-refractivity contribution in [2.24, 2.45) is 0 Å². The quantitative estimate of drug-likeness (QED) is 0.771. The zero-order valence-electron chi connectivity index (χ0n) is 11.6. The molecule has 0 saturated carbocycles. The second-order valence-corrected chi connectivity index (χ2v) is 4.52. The standard InChI is InChI=1S/C16H15N3O2/c1-2-21-16-13(4-3-8-18-16)19-15(20)12-6-5-11-7-9-17-14(11)10-12/h3-10,17H,2H2,1H3,(H,19,20). The molecule has 1 aromatic carbocycles. The van der Waals surface area contributed by atoms with E-state index in [0.29, 0.717) is 23.7 Å². The number of nitrogens with zero attached hydrogens (tertiary/aromatic N) is 1. The van der Waals surface area contributed by atoms with Crippen molar-refractivity contribution < 1.29 is 9.53 Å². The number of fused-ring (bicyclic) bond motifs is 1. The van der Waals surface area contributed by atoms with Gasteiger partial charge >= 0.3 is 0 Å². The van der Waals surface area contributed by atoms with E-state index in [1.165, 1.54) is 0 Å². The zero-order chi connectivity index (χ0) is 14.7. The van der Waals surface area contributed by atoms with Gasteiger partial charge in [0.25, 0.3) is 5.91 Å². The minimum Gasteiger partial charge on any atom is -0.476 e. The molecule has 21 heavy (non-hydrogen) atoms. The number of benzene rings is 1. The fourth-order valence-corrected chi connectivity index (χ4v) is 2.12. The lowest BCUT2D eigenvalue weighted by atomic mass is 10.1. The van der Waals surface area contributed by atoms with Crippen molar-refractivity contribution in [3.8, 4) is 5.88 Å². The maximum atomic E-state index is 12.3. The highest BCUT2D eigenvalue weighted by molar-refractivity contribution is 6.06. The number of ether oxygens (including phenoxy) is 1. The van der Waals surface area contributed by atoms with Gasteiger partial charge in [-0.2, -0.15) is 0 Å². The zero-order valence-corrected chi connectivity index (χ0v) is 11.6. The first-order valence-corrected chi connectivity index (χ1v) is 6.74. The van der Waals surface area contributed by atoms with Gasteiger partial charge in [-0.15, -0.1) is 0 Å². The van der Waals surface area contributed by atoms with Gasteiger partial charge < -0.3 is 15.0 Å². The Morgan fingerprint density at radius 3 is 3.10 bits per heavy atom. The van der Waals surface area contributed by atoms with Gasteiger partial charge in [0.15, 0.2) is 0 Å². The molecule has 0 atom stereocenters. The number of aromatic amines is 1. The van der Waals surface area contributed by atoms with Gasteiger partial charge in [-0.3, -0.25) is 4.79 Å². The van der Waals surface area contributed by atoms with E-state index in [2.05, 4.69) is 15.3 Å². The van der Waals surface area contributed by atoms with E-state index in [1.54, 1.807) is 24.4 Å². The first-order chi connectivity index (χ1) is 10.3. The van der Waals surface area contributed by atoms with Crippen molar-refractivity contribution in [3.63, 3.8) is 0 Å². The lowest BCUT2D eigenvalue weighted by Gasteiger charge is -2.10. The van der Waals surface area contributed by atoms with Crippen LogP contribution in [0.2, 0.25) is 0 Å². The number of carbonyl (C=O) groups is 1. The summed E-state index contributed by atoms with van der Waals surface area (Å²) in [5, 5.41) is 3.90. The Morgan fingerprint density at radius 2 is 2.24 bits per heavy atom. The molecular weight excluding hydrogens is 266 g/mol. The summed E-state index contributed by atoms with van der Waals surface area (Å²) < 4.78 is 5.40. The number of pyridine rings is 1. The maximum absolute atomic E-state index is 12.3. The largest absolute Gasteiger partial charge is 0.476 e. The van der Waals surface area contributed by atoms with Gasteiger partial charge in [0, 0.05) is 23.5 Å². The summed E-state index contributed by atoms with van der Waals surface area (Å²) in [6.45, 7) is 2.37. The van der Waals surface area contributed by atoms with E-state index in [1.807, 2.05) is 31.3 Å². The number of H-pyrrole nitrogens is 1. The molecule has 2 aromatic heterocycles. The van der Waals surface area contributed by atoms with Crippen LogP contribution in [0, 0.1) is 0 Å². The van der Waals surface area contributed by atoms with Crippen molar-refractivity contribution in [2.75, 3.05) is 11.9 Å². The van der Waals surface area contributed by atoms with Crippen LogP contribution >= 0.6 is 0 Å². The average molecular weight is 281 g/mol. The second-order valence-electron chi connectivity index (χ2n) is 4.52. The van der Waals surface area contributed by atoms with Crippen LogP contribution in [0.25, 0.3) is 10.9 Å². The molecule has 5 heteroatoms. The first-order valence-electron chi connectivity index (χ1n) is 6.74. The first kappa shape index (κ1) is 13.2. The van der Waals surface area contributed by atoms with Gasteiger partial charge in [0.05, 0.1) is 6.61 Å². The minimum atomic E-state index is -0.194. The fraction of sp³-hybridized carbons (Fsp3) is 0.125. The molecule has 0 spiro atoms. The van der Waals surface area contributed by atoms with Crippen molar-refractivity contribution in [3.05, 3.63) is 54.4 Å². The van der Waals surface area contributed by atoms with Crippen LogP contribution in [-0.4, -0.2) is 22.5 Å². The van der Waals surface area contributed by atoms with E-state index >= 15 is 0 Å². The molecule has 3 aromatic rings. The molecule has 0 aliphatic heterocycles. The molecule has 0 aliphatic rings. The summed E-state index contributed by atoms with van der Waals surface area (Å²) in [5.41, 5.74) is 2.08. The number of carbonyl (C=O) groups excluding carboxylic acids is 1. The molecule has 0 saturated heterocycles. The van der Waals surface area contributed by atoms with E-state index < -0.39 is 0 Å². The third-order valence-electron chi connectivity index (χ3n) is 3.12. The van der Waals surface area contributed by atoms with Crippen molar-refractivity contribution in [1.29, 1.82) is 0 Å². The van der Waals surface area contributed by atoms with Gasteiger partial charge in [-0.1, -0.05) is 6.07 Å². The lowest BCUT2D eigenvalue weighted by molar-refractivity contribution is 0.102. The van der Waals surface area contributed by atoms with Crippen LogP contribution in [0.3, 0.4) is 0 Å². The molecule has 3 rings (SSSR count). The molecule has 0 unspecified atom stereocenters. The third-order valence-corrected chi connectivity index (χ3v) is 3.12. The summed E-state index contributed by atoms with van der Waals surface area (Å²) in [6, 6.07) is 11.0. The van der Waals surface area contributed by atoms with Gasteiger partial charge in [0.1, 0.15) is 5.69 Å². The molecule has 2 N–H and O–H groups in total. The van der Waals surface area contributed by atoms with Crippen molar-refractivity contribution in [1.82, 2.24) is 9.97 Å². The van der Waals surface area contributed by atoms with Crippen LogP contribution in [0.5, 0.6) is 5.88 Å².